The van der Waals surface area contributed by atoms with Gasteiger partial charge < -0.3 is 20.5 Å². The van der Waals surface area contributed by atoms with Crippen molar-refractivity contribution in [3.8, 4) is 11.4 Å². The van der Waals surface area contributed by atoms with E-state index < -0.39 is 30.0 Å². The van der Waals surface area contributed by atoms with Gasteiger partial charge in [-0.15, -0.1) is 13.2 Å². The molecular weight excluding hydrogens is 417 g/mol. The van der Waals surface area contributed by atoms with Gasteiger partial charge in [-0.05, 0) is 48.0 Å². The Bertz CT molecular complexity index is 1020. The van der Waals surface area contributed by atoms with Crippen molar-refractivity contribution < 1.29 is 32.6 Å². The number of aromatic nitrogens is 2. The number of ether oxygens (including phenoxy) is 1. The zero-order valence-corrected chi connectivity index (χ0v) is 15.8. The smallest absolute Gasteiger partial charge is 0.406 e. The number of halogens is 3. The summed E-state index contributed by atoms with van der Waals surface area (Å²) in [5.74, 6) is -2.51. The number of anilines is 1. The minimum absolute atomic E-state index is 0.101. The van der Waals surface area contributed by atoms with E-state index in [2.05, 4.69) is 20.5 Å². The summed E-state index contributed by atoms with van der Waals surface area (Å²) < 4.78 is 41.8. The van der Waals surface area contributed by atoms with E-state index in [1.165, 1.54) is 0 Å². The molecule has 8 nitrogen and oxygen atoms in total. The minimum atomic E-state index is -4.83. The summed E-state index contributed by atoms with van der Waals surface area (Å²) in [7, 11) is 0. The summed E-state index contributed by atoms with van der Waals surface area (Å²) in [5, 5.41) is 18.8. The van der Waals surface area contributed by atoms with E-state index >= 15 is 0 Å². The Balaban J connectivity index is 1.49. The Morgan fingerprint density at radius 2 is 1.74 bits per heavy atom. The monoisotopic (exact) mass is 434 g/mol. The molecular formula is C20H17F3N4O4. The van der Waals surface area contributed by atoms with Gasteiger partial charge >= 0.3 is 18.2 Å². The molecule has 11 heteroatoms. The molecule has 162 valence electrons. The van der Waals surface area contributed by atoms with E-state index in [1.54, 1.807) is 47.4 Å². The van der Waals surface area contributed by atoms with Crippen molar-refractivity contribution in [3.63, 3.8) is 0 Å². The quantitative estimate of drug-likeness (QED) is 0.517. The number of rotatable bonds is 6. The molecule has 0 spiro atoms. The third kappa shape index (κ3) is 6.31. The maximum absolute atomic E-state index is 12.1. The lowest BCUT2D eigenvalue weighted by molar-refractivity contribution is -0.274. The molecule has 3 aromatic rings. The maximum Gasteiger partial charge on any atom is 0.573 e. The van der Waals surface area contributed by atoms with Crippen LogP contribution in [0.4, 0.5) is 18.9 Å². The average Bonchev–Trinajstić information content (AvgIpc) is 3.27. The van der Waals surface area contributed by atoms with Crippen LogP contribution in [0.5, 0.6) is 5.75 Å². The van der Waals surface area contributed by atoms with E-state index in [-0.39, 0.29) is 12.2 Å². The van der Waals surface area contributed by atoms with Crippen molar-refractivity contribution in [1.82, 2.24) is 15.1 Å². The van der Waals surface area contributed by atoms with Crippen LogP contribution in [-0.4, -0.2) is 39.6 Å². The van der Waals surface area contributed by atoms with Gasteiger partial charge in [0, 0.05) is 24.6 Å². The maximum atomic E-state index is 12.1. The largest absolute Gasteiger partial charge is 0.573 e. The third-order valence-corrected chi connectivity index (χ3v) is 4.05. The molecule has 0 fully saturated rings. The SMILES string of the molecule is O=C(NCC(O)c1ccc(-n2cccn2)cc1)C(=O)Nc1ccc(OC(F)(F)F)cc1. The van der Waals surface area contributed by atoms with E-state index in [0.29, 0.717) is 5.56 Å². The standard InChI is InChI=1S/C20H17F3N4O4/c21-20(22,23)31-16-8-4-14(5-9-16)26-19(30)18(29)24-12-17(28)13-2-6-15(7-3-13)27-11-1-10-25-27/h1-11,17,28H,12H2,(H,24,29)(H,26,30). The summed E-state index contributed by atoms with van der Waals surface area (Å²) >= 11 is 0. The number of benzene rings is 2. The van der Waals surface area contributed by atoms with Gasteiger partial charge in [-0.3, -0.25) is 9.59 Å². The van der Waals surface area contributed by atoms with Crippen LogP contribution in [0, 0.1) is 0 Å². The van der Waals surface area contributed by atoms with E-state index in [4.69, 9.17) is 0 Å². The molecule has 0 saturated heterocycles. The van der Waals surface area contributed by atoms with Crippen LogP contribution in [0.1, 0.15) is 11.7 Å². The van der Waals surface area contributed by atoms with Gasteiger partial charge in [-0.1, -0.05) is 12.1 Å². The molecule has 0 aliphatic carbocycles. The van der Waals surface area contributed by atoms with Crippen LogP contribution in [0.3, 0.4) is 0 Å². The topological polar surface area (TPSA) is 105 Å². The van der Waals surface area contributed by atoms with Gasteiger partial charge in [0.25, 0.3) is 0 Å². The highest BCUT2D eigenvalue weighted by Gasteiger charge is 2.31. The second-order valence-corrected chi connectivity index (χ2v) is 6.29. The number of aliphatic hydroxyl groups excluding tert-OH is 1. The first-order valence-electron chi connectivity index (χ1n) is 8.94. The van der Waals surface area contributed by atoms with Gasteiger partial charge in [0.2, 0.25) is 0 Å². The third-order valence-electron chi connectivity index (χ3n) is 4.05. The molecule has 0 bridgehead atoms. The lowest BCUT2D eigenvalue weighted by Gasteiger charge is -2.13. The fourth-order valence-corrected chi connectivity index (χ4v) is 2.59. The number of amides is 2. The number of nitrogens with zero attached hydrogens (tertiary/aromatic N) is 2. The van der Waals surface area contributed by atoms with Gasteiger partial charge in [-0.25, -0.2) is 4.68 Å². The fraction of sp³-hybridized carbons (Fsp3) is 0.150. The fourth-order valence-electron chi connectivity index (χ4n) is 2.59. The summed E-state index contributed by atoms with van der Waals surface area (Å²) in [6.07, 6.45) is -2.48. The zero-order valence-electron chi connectivity index (χ0n) is 15.8. The van der Waals surface area contributed by atoms with Crippen LogP contribution in [-0.2, 0) is 9.59 Å². The Labute approximate surface area is 174 Å². The predicted octanol–water partition coefficient (Wildman–Crippen LogP) is 2.56. The Morgan fingerprint density at radius 1 is 1.06 bits per heavy atom. The van der Waals surface area contributed by atoms with Gasteiger partial charge in [0.1, 0.15) is 5.75 Å². The molecule has 1 atom stereocenters. The molecule has 31 heavy (non-hydrogen) atoms. The Hall–Kier alpha value is -3.86. The number of nitrogens with one attached hydrogen (secondary N) is 2. The number of hydrogen-bond donors (Lipinski definition) is 3. The molecule has 3 N–H and O–H groups in total. The van der Waals surface area contributed by atoms with Crippen LogP contribution in [0.15, 0.2) is 67.0 Å². The Morgan fingerprint density at radius 3 is 2.32 bits per heavy atom. The highest BCUT2D eigenvalue weighted by atomic mass is 19.4. The van der Waals surface area contributed by atoms with Crippen LogP contribution in [0.25, 0.3) is 5.69 Å². The highest BCUT2D eigenvalue weighted by Crippen LogP contribution is 2.24. The summed E-state index contributed by atoms with van der Waals surface area (Å²) in [6, 6.07) is 12.9. The normalized spacial score (nSPS) is 12.1. The van der Waals surface area contributed by atoms with E-state index in [9.17, 15) is 27.9 Å². The first kappa shape index (κ1) is 21.8. The number of hydrogen-bond acceptors (Lipinski definition) is 5. The number of aliphatic hydroxyl groups is 1. The second-order valence-electron chi connectivity index (χ2n) is 6.29. The lowest BCUT2D eigenvalue weighted by Crippen LogP contribution is -2.37. The Kier molecular flexibility index (Phi) is 6.55. The number of alkyl halides is 3. The van der Waals surface area contributed by atoms with Crippen molar-refractivity contribution in [3.05, 3.63) is 72.6 Å². The molecule has 1 heterocycles. The average molecular weight is 434 g/mol. The van der Waals surface area contributed by atoms with Crippen molar-refractivity contribution in [2.24, 2.45) is 0 Å². The van der Waals surface area contributed by atoms with E-state index in [0.717, 1.165) is 30.0 Å². The zero-order chi connectivity index (χ0) is 22.4. The first-order chi connectivity index (χ1) is 14.7. The summed E-state index contributed by atoms with van der Waals surface area (Å²) in [4.78, 5) is 23.9. The summed E-state index contributed by atoms with van der Waals surface area (Å²) in [5.41, 5.74) is 1.41. The molecule has 0 radical (unpaired) electrons. The van der Waals surface area contributed by atoms with Crippen LogP contribution >= 0.6 is 0 Å². The summed E-state index contributed by atoms with van der Waals surface area (Å²) in [6.45, 7) is -0.217. The number of carbonyl (C=O) groups is 2. The van der Waals surface area contributed by atoms with Crippen molar-refractivity contribution in [2.75, 3.05) is 11.9 Å². The van der Waals surface area contributed by atoms with Gasteiger partial charge in [0.05, 0.1) is 11.8 Å². The second kappa shape index (κ2) is 9.30. The molecule has 0 aliphatic rings. The van der Waals surface area contributed by atoms with Gasteiger partial charge in [0.15, 0.2) is 0 Å². The minimum Gasteiger partial charge on any atom is -0.406 e. The molecule has 2 aromatic carbocycles. The molecule has 0 saturated carbocycles. The van der Waals surface area contributed by atoms with Crippen LogP contribution in [0.2, 0.25) is 0 Å². The van der Waals surface area contributed by atoms with E-state index in [1.807, 2.05) is 0 Å². The molecule has 3 rings (SSSR count). The highest BCUT2D eigenvalue weighted by molar-refractivity contribution is 6.39. The van der Waals surface area contributed by atoms with Crippen molar-refractivity contribution >= 4 is 17.5 Å². The molecule has 1 aromatic heterocycles. The first-order valence-corrected chi connectivity index (χ1v) is 8.94. The predicted molar refractivity (Wildman–Crippen MR) is 103 cm³/mol. The molecule has 2 amide bonds. The molecule has 0 aliphatic heterocycles. The van der Waals surface area contributed by atoms with Crippen LogP contribution < -0.4 is 15.4 Å². The van der Waals surface area contributed by atoms with Gasteiger partial charge in [-0.2, -0.15) is 5.10 Å². The van der Waals surface area contributed by atoms with Crippen molar-refractivity contribution in [2.45, 2.75) is 12.5 Å². The van der Waals surface area contributed by atoms with Crippen molar-refractivity contribution in [1.29, 1.82) is 0 Å². The number of carbonyl (C=O) groups excluding carboxylic acids is 2. The molecule has 1 unspecified atom stereocenters. The lowest BCUT2D eigenvalue weighted by atomic mass is 10.1.